The summed E-state index contributed by atoms with van der Waals surface area (Å²) in [6, 6.07) is 22.5. The summed E-state index contributed by atoms with van der Waals surface area (Å²) in [6.07, 6.45) is 5.89. The second-order valence-electron chi connectivity index (χ2n) is 7.19. The maximum Gasteiger partial charge on any atom is 0.396 e. The van der Waals surface area contributed by atoms with Crippen LogP contribution in [0.25, 0.3) is 0 Å². The maximum atomic E-state index is 12.1. The smallest absolute Gasteiger partial charge is 0.356 e. The van der Waals surface area contributed by atoms with Gasteiger partial charge in [0, 0.05) is 6.07 Å². The van der Waals surface area contributed by atoms with Crippen LogP contribution in [0.2, 0.25) is 0 Å². The molecule has 0 saturated heterocycles. The lowest BCUT2D eigenvalue weighted by atomic mass is 9.81. The topological polar surface area (TPSA) is 40.2 Å². The Kier molecular flexibility index (Phi) is 4.90. The second kappa shape index (κ2) is 7.49. The summed E-state index contributed by atoms with van der Waals surface area (Å²) in [5, 5.41) is 12.1. The van der Waals surface area contributed by atoms with E-state index in [1.165, 1.54) is 0 Å². The number of anilines is 1. The third-order valence-corrected chi connectivity index (χ3v) is 5.37. The van der Waals surface area contributed by atoms with Gasteiger partial charge in [-0.15, -0.1) is 0 Å². The number of hydrogen-bond donors (Lipinski definition) is 1. The molecule has 3 aromatic rings. The summed E-state index contributed by atoms with van der Waals surface area (Å²) in [6.45, 7) is 3.45. The Morgan fingerprint density at radius 1 is 1.04 bits per heavy atom. The number of unbranched alkanes of at least 4 members (excludes halogenated alkanes) is 1. The van der Waals surface area contributed by atoms with E-state index in [-0.39, 0.29) is 5.92 Å². The Balaban J connectivity index is 1.85. The number of fused-ring (bicyclic) bond motifs is 1. The van der Waals surface area contributed by atoms with E-state index in [4.69, 9.17) is 0 Å². The highest BCUT2D eigenvalue weighted by Gasteiger charge is 2.55. The lowest BCUT2D eigenvalue weighted by Gasteiger charge is -2.36. The van der Waals surface area contributed by atoms with E-state index in [0.29, 0.717) is 6.54 Å². The lowest BCUT2D eigenvalue weighted by molar-refractivity contribution is -0.684. The summed E-state index contributed by atoms with van der Waals surface area (Å²) < 4.78 is 2.06. The van der Waals surface area contributed by atoms with E-state index in [1.807, 2.05) is 48.7 Å². The molecular formula is C23H26N3O+. The average molecular weight is 360 g/mol. The van der Waals surface area contributed by atoms with Crippen LogP contribution in [0.15, 0.2) is 79.1 Å². The third-order valence-electron chi connectivity index (χ3n) is 5.37. The first kappa shape index (κ1) is 17.7. The number of hydrogen-bond acceptors (Lipinski definition) is 3. The highest BCUT2D eigenvalue weighted by Crippen LogP contribution is 2.41. The molecule has 1 unspecified atom stereocenters. The number of nitrogens with zero attached hydrogens (tertiary/aromatic N) is 3. The fourth-order valence-electron chi connectivity index (χ4n) is 4.12. The minimum absolute atomic E-state index is 0.168. The number of aliphatic hydroxyl groups is 1. The molecule has 1 aliphatic rings. The van der Waals surface area contributed by atoms with Gasteiger partial charge in [0.2, 0.25) is 5.72 Å². The molecule has 0 saturated carbocycles. The van der Waals surface area contributed by atoms with Crippen molar-refractivity contribution in [2.24, 2.45) is 0 Å². The van der Waals surface area contributed by atoms with Crippen LogP contribution in [0.5, 0.6) is 0 Å². The molecule has 1 aromatic heterocycles. The van der Waals surface area contributed by atoms with Crippen LogP contribution in [0.4, 0.5) is 5.95 Å². The summed E-state index contributed by atoms with van der Waals surface area (Å²) in [5.41, 5.74) is 1.15. The minimum atomic E-state index is -1.07. The second-order valence-corrected chi connectivity index (χ2v) is 7.19. The van der Waals surface area contributed by atoms with Crippen molar-refractivity contribution in [2.75, 3.05) is 11.4 Å². The van der Waals surface area contributed by atoms with Crippen LogP contribution in [-0.2, 0) is 6.54 Å². The van der Waals surface area contributed by atoms with Gasteiger partial charge in [0.25, 0.3) is 0 Å². The van der Waals surface area contributed by atoms with Crippen LogP contribution in [0.1, 0.15) is 36.8 Å². The largest absolute Gasteiger partial charge is 0.396 e. The molecule has 0 aliphatic carbocycles. The van der Waals surface area contributed by atoms with Crippen molar-refractivity contribution in [3.63, 3.8) is 0 Å². The third kappa shape index (κ3) is 3.21. The maximum absolute atomic E-state index is 12.1. The van der Waals surface area contributed by atoms with E-state index >= 15 is 0 Å². The summed E-state index contributed by atoms with van der Waals surface area (Å²) in [7, 11) is 0. The van der Waals surface area contributed by atoms with Crippen LogP contribution in [0.3, 0.4) is 0 Å². The molecule has 1 N–H and O–H groups in total. The van der Waals surface area contributed by atoms with E-state index < -0.39 is 5.72 Å². The molecule has 1 atom stereocenters. The van der Waals surface area contributed by atoms with Gasteiger partial charge in [0.15, 0.2) is 0 Å². The zero-order valence-corrected chi connectivity index (χ0v) is 15.7. The van der Waals surface area contributed by atoms with E-state index in [2.05, 4.69) is 45.6 Å². The van der Waals surface area contributed by atoms with Crippen molar-refractivity contribution >= 4 is 5.95 Å². The van der Waals surface area contributed by atoms with Gasteiger partial charge < -0.3 is 5.11 Å². The van der Waals surface area contributed by atoms with Crippen LogP contribution in [-0.4, -0.2) is 22.4 Å². The van der Waals surface area contributed by atoms with Crippen LogP contribution >= 0.6 is 0 Å². The Morgan fingerprint density at radius 2 is 1.67 bits per heavy atom. The van der Waals surface area contributed by atoms with Crippen LogP contribution in [0, 0.1) is 0 Å². The molecule has 4 nitrogen and oxygen atoms in total. The predicted molar refractivity (Wildman–Crippen MR) is 106 cm³/mol. The van der Waals surface area contributed by atoms with Gasteiger partial charge in [0.05, 0.1) is 18.7 Å². The van der Waals surface area contributed by atoms with Crippen LogP contribution < -0.4 is 9.47 Å². The molecule has 2 aromatic carbocycles. The number of benzene rings is 2. The van der Waals surface area contributed by atoms with Gasteiger partial charge in [0.1, 0.15) is 12.7 Å². The SMILES string of the molecule is CCCCN1c2nccc[n+]2CC1(O)C(c1ccccc1)c1ccccc1. The molecule has 0 amide bonds. The van der Waals surface area contributed by atoms with Crippen molar-refractivity contribution in [2.45, 2.75) is 38.0 Å². The monoisotopic (exact) mass is 360 g/mol. The zero-order valence-electron chi connectivity index (χ0n) is 15.7. The molecule has 0 radical (unpaired) electrons. The van der Waals surface area contributed by atoms with Crippen molar-refractivity contribution in [3.05, 3.63) is 90.3 Å². The van der Waals surface area contributed by atoms with Gasteiger partial charge in [-0.05, 0) is 17.5 Å². The van der Waals surface area contributed by atoms with Gasteiger partial charge in [-0.2, -0.15) is 0 Å². The van der Waals surface area contributed by atoms with Gasteiger partial charge >= 0.3 is 5.95 Å². The average Bonchev–Trinajstić information content (AvgIpc) is 3.00. The molecule has 4 heteroatoms. The normalized spacial score (nSPS) is 18.7. The van der Waals surface area contributed by atoms with Crippen molar-refractivity contribution in [3.8, 4) is 0 Å². The Morgan fingerprint density at radius 3 is 2.26 bits per heavy atom. The highest BCUT2D eigenvalue weighted by atomic mass is 16.3. The first-order valence-corrected chi connectivity index (χ1v) is 9.68. The predicted octanol–water partition coefficient (Wildman–Crippen LogP) is 3.51. The van der Waals surface area contributed by atoms with E-state index in [1.54, 1.807) is 6.20 Å². The molecule has 4 rings (SSSR count). The molecule has 1 aliphatic heterocycles. The van der Waals surface area contributed by atoms with Crippen molar-refractivity contribution in [1.82, 2.24) is 4.98 Å². The number of rotatable bonds is 6. The lowest BCUT2D eigenvalue weighted by Crippen LogP contribution is -2.53. The minimum Gasteiger partial charge on any atom is -0.356 e. The molecule has 138 valence electrons. The summed E-state index contributed by atoms with van der Waals surface area (Å²) >= 11 is 0. The molecule has 0 bridgehead atoms. The Labute approximate surface area is 160 Å². The van der Waals surface area contributed by atoms with Gasteiger partial charge in [-0.1, -0.05) is 79.0 Å². The van der Waals surface area contributed by atoms with Crippen molar-refractivity contribution in [1.29, 1.82) is 0 Å². The Bertz CT molecular complexity index is 845. The quantitative estimate of drug-likeness (QED) is 0.684. The fourth-order valence-corrected chi connectivity index (χ4v) is 4.12. The van der Waals surface area contributed by atoms with Gasteiger partial charge in [-0.25, -0.2) is 9.47 Å². The van der Waals surface area contributed by atoms with Gasteiger partial charge in [-0.3, -0.25) is 0 Å². The highest BCUT2D eigenvalue weighted by molar-refractivity contribution is 5.42. The fraction of sp³-hybridized carbons (Fsp3) is 0.304. The molecule has 0 fully saturated rings. The molecule has 2 heterocycles. The van der Waals surface area contributed by atoms with Crippen molar-refractivity contribution < 1.29 is 9.67 Å². The Hall–Kier alpha value is -2.72. The first-order valence-electron chi connectivity index (χ1n) is 9.68. The first-order chi connectivity index (χ1) is 13.2. The standard InChI is InChI=1S/C23H26N3O/c1-2-3-17-26-22-24-15-10-16-25(22)18-23(26,27)21(19-11-6-4-7-12-19)20-13-8-5-9-14-20/h4-16,21,27H,2-3,17-18H2,1H3/q+1. The molecular weight excluding hydrogens is 334 g/mol. The zero-order chi connectivity index (χ0) is 18.7. The van der Waals surface area contributed by atoms with E-state index in [9.17, 15) is 5.11 Å². The van der Waals surface area contributed by atoms with E-state index in [0.717, 1.165) is 36.5 Å². The summed E-state index contributed by atoms with van der Waals surface area (Å²) in [5.74, 6) is 0.670. The number of aromatic nitrogens is 2. The molecule has 27 heavy (non-hydrogen) atoms. The molecule has 0 spiro atoms. The summed E-state index contributed by atoms with van der Waals surface area (Å²) in [4.78, 5) is 6.69.